The second-order valence-electron chi connectivity index (χ2n) is 4.85. The summed E-state index contributed by atoms with van der Waals surface area (Å²) < 4.78 is 5.11. The van der Waals surface area contributed by atoms with E-state index in [1.165, 1.54) is 0 Å². The number of pyridine rings is 1. The van der Waals surface area contributed by atoms with Crippen LogP contribution >= 0.6 is 0 Å². The Morgan fingerprint density at radius 1 is 1.18 bits per heavy atom. The first-order valence-corrected chi connectivity index (χ1v) is 6.83. The van der Waals surface area contributed by atoms with Gasteiger partial charge < -0.3 is 15.2 Å². The van der Waals surface area contributed by atoms with Gasteiger partial charge in [0.1, 0.15) is 17.2 Å². The lowest BCUT2D eigenvalue weighted by Gasteiger charge is -2.12. The van der Waals surface area contributed by atoms with Crippen LogP contribution in [0.3, 0.4) is 0 Å². The Kier molecular flexibility index (Phi) is 3.50. The van der Waals surface area contributed by atoms with Crippen molar-refractivity contribution in [2.75, 3.05) is 19.5 Å². The third-order valence-corrected chi connectivity index (χ3v) is 3.58. The fourth-order valence-electron chi connectivity index (χ4n) is 2.48. The molecule has 112 valence electrons. The van der Waals surface area contributed by atoms with Crippen LogP contribution in [-0.2, 0) is 0 Å². The first-order valence-electron chi connectivity index (χ1n) is 6.83. The van der Waals surface area contributed by atoms with E-state index in [9.17, 15) is 5.11 Å². The number of ether oxygens (including phenoxy) is 1. The summed E-state index contributed by atoms with van der Waals surface area (Å²) in [5.41, 5.74) is 2.07. The SMILES string of the molecule is CNc1nnc(-c2ccc(OC)cc2O)c2ccnc(C)c12. The number of aromatic nitrogens is 3. The summed E-state index contributed by atoms with van der Waals surface area (Å²) in [6.07, 6.45) is 1.73. The average Bonchev–Trinajstić information content (AvgIpc) is 2.54. The molecule has 3 rings (SSSR count). The van der Waals surface area contributed by atoms with E-state index < -0.39 is 0 Å². The van der Waals surface area contributed by atoms with Crippen LogP contribution in [0.1, 0.15) is 5.69 Å². The molecule has 0 aliphatic carbocycles. The molecular formula is C16H16N4O2. The smallest absolute Gasteiger partial charge is 0.158 e. The van der Waals surface area contributed by atoms with Gasteiger partial charge >= 0.3 is 0 Å². The van der Waals surface area contributed by atoms with Crippen LogP contribution in [-0.4, -0.2) is 34.4 Å². The highest BCUT2D eigenvalue weighted by atomic mass is 16.5. The predicted molar refractivity (Wildman–Crippen MR) is 85.3 cm³/mol. The normalized spacial score (nSPS) is 10.7. The van der Waals surface area contributed by atoms with Crippen LogP contribution in [0.15, 0.2) is 30.5 Å². The van der Waals surface area contributed by atoms with E-state index in [0.29, 0.717) is 22.8 Å². The van der Waals surface area contributed by atoms with Crippen molar-refractivity contribution in [3.63, 3.8) is 0 Å². The van der Waals surface area contributed by atoms with Crippen molar-refractivity contribution in [2.45, 2.75) is 6.92 Å². The van der Waals surface area contributed by atoms with E-state index in [4.69, 9.17) is 4.74 Å². The van der Waals surface area contributed by atoms with Gasteiger partial charge in [-0.1, -0.05) is 0 Å². The third-order valence-electron chi connectivity index (χ3n) is 3.58. The molecule has 2 aromatic heterocycles. The molecule has 0 saturated heterocycles. The van der Waals surface area contributed by atoms with Crippen molar-refractivity contribution in [3.8, 4) is 22.8 Å². The van der Waals surface area contributed by atoms with Gasteiger partial charge in [-0.05, 0) is 25.1 Å². The fraction of sp³-hybridized carbons (Fsp3) is 0.188. The molecule has 0 bridgehead atoms. The van der Waals surface area contributed by atoms with Crippen molar-refractivity contribution in [1.82, 2.24) is 15.2 Å². The first-order chi connectivity index (χ1) is 10.7. The van der Waals surface area contributed by atoms with Gasteiger partial charge in [-0.15, -0.1) is 10.2 Å². The number of benzene rings is 1. The van der Waals surface area contributed by atoms with Gasteiger partial charge in [0.05, 0.1) is 7.11 Å². The summed E-state index contributed by atoms with van der Waals surface area (Å²) in [6, 6.07) is 6.98. The maximum atomic E-state index is 10.3. The minimum absolute atomic E-state index is 0.0987. The van der Waals surface area contributed by atoms with E-state index >= 15 is 0 Å². The van der Waals surface area contributed by atoms with Crippen LogP contribution in [0.4, 0.5) is 5.82 Å². The maximum Gasteiger partial charge on any atom is 0.158 e. The summed E-state index contributed by atoms with van der Waals surface area (Å²) in [4.78, 5) is 4.31. The van der Waals surface area contributed by atoms with Crippen LogP contribution in [0.2, 0.25) is 0 Å². The van der Waals surface area contributed by atoms with Crippen LogP contribution < -0.4 is 10.1 Å². The molecular weight excluding hydrogens is 280 g/mol. The number of anilines is 1. The number of rotatable bonds is 3. The Morgan fingerprint density at radius 2 is 2.00 bits per heavy atom. The topological polar surface area (TPSA) is 80.2 Å². The van der Waals surface area contributed by atoms with Crippen molar-refractivity contribution in [1.29, 1.82) is 0 Å². The predicted octanol–water partition coefficient (Wildman–Crippen LogP) is 2.76. The summed E-state index contributed by atoms with van der Waals surface area (Å²) in [5, 5.41) is 23.5. The second kappa shape index (κ2) is 5.48. The zero-order chi connectivity index (χ0) is 15.7. The Morgan fingerprint density at radius 3 is 2.68 bits per heavy atom. The third kappa shape index (κ3) is 2.18. The van der Waals surface area contributed by atoms with Gasteiger partial charge in [-0.3, -0.25) is 4.98 Å². The number of aryl methyl sites for hydroxylation is 1. The highest BCUT2D eigenvalue weighted by molar-refractivity contribution is 6.01. The molecule has 6 nitrogen and oxygen atoms in total. The molecule has 22 heavy (non-hydrogen) atoms. The lowest BCUT2D eigenvalue weighted by Crippen LogP contribution is -2.01. The molecule has 0 aliphatic heterocycles. The van der Waals surface area contributed by atoms with E-state index in [-0.39, 0.29) is 5.75 Å². The van der Waals surface area contributed by atoms with E-state index in [2.05, 4.69) is 20.5 Å². The van der Waals surface area contributed by atoms with E-state index in [1.54, 1.807) is 38.6 Å². The number of phenolic OH excluding ortho intramolecular Hbond substituents is 1. The molecule has 0 amide bonds. The van der Waals surface area contributed by atoms with Crippen LogP contribution in [0, 0.1) is 6.92 Å². The molecule has 0 fully saturated rings. The van der Waals surface area contributed by atoms with Gasteiger partial charge in [0, 0.05) is 41.3 Å². The molecule has 2 heterocycles. The van der Waals surface area contributed by atoms with Crippen molar-refractivity contribution < 1.29 is 9.84 Å². The minimum atomic E-state index is 0.0987. The Bertz CT molecular complexity index is 849. The summed E-state index contributed by atoms with van der Waals surface area (Å²) in [6.45, 7) is 1.92. The zero-order valence-electron chi connectivity index (χ0n) is 12.6. The number of fused-ring (bicyclic) bond motifs is 1. The fourth-order valence-corrected chi connectivity index (χ4v) is 2.48. The molecule has 0 radical (unpaired) electrons. The Hall–Kier alpha value is -2.89. The summed E-state index contributed by atoms with van der Waals surface area (Å²) >= 11 is 0. The van der Waals surface area contributed by atoms with Crippen molar-refractivity contribution in [2.24, 2.45) is 0 Å². The quantitative estimate of drug-likeness (QED) is 0.773. The second-order valence-corrected chi connectivity index (χ2v) is 4.85. The summed E-state index contributed by atoms with van der Waals surface area (Å²) in [5.74, 6) is 1.35. The number of methoxy groups -OCH3 is 1. The molecule has 0 aliphatic rings. The molecule has 0 unspecified atom stereocenters. The maximum absolute atomic E-state index is 10.3. The van der Waals surface area contributed by atoms with Crippen molar-refractivity contribution >= 4 is 16.6 Å². The van der Waals surface area contributed by atoms with Gasteiger partial charge in [-0.25, -0.2) is 0 Å². The Balaban J connectivity index is 2.31. The van der Waals surface area contributed by atoms with Gasteiger partial charge in [0.2, 0.25) is 0 Å². The highest BCUT2D eigenvalue weighted by Crippen LogP contribution is 2.36. The molecule has 3 aromatic rings. The van der Waals surface area contributed by atoms with E-state index in [1.807, 2.05) is 13.0 Å². The standard InChI is InChI=1S/C16H16N4O2/c1-9-14-12(6-7-18-9)15(19-20-16(14)17-2)11-5-4-10(22-3)8-13(11)21/h4-8,21H,1-3H3,(H,17,20). The monoisotopic (exact) mass is 296 g/mol. The molecule has 2 N–H and O–H groups in total. The van der Waals surface area contributed by atoms with Crippen LogP contribution in [0.5, 0.6) is 11.5 Å². The van der Waals surface area contributed by atoms with Gasteiger partial charge in [-0.2, -0.15) is 0 Å². The molecule has 1 aromatic carbocycles. The summed E-state index contributed by atoms with van der Waals surface area (Å²) in [7, 11) is 3.35. The minimum Gasteiger partial charge on any atom is -0.507 e. The molecule has 0 saturated carbocycles. The lowest BCUT2D eigenvalue weighted by molar-refractivity contribution is 0.408. The van der Waals surface area contributed by atoms with Gasteiger partial charge in [0.15, 0.2) is 5.82 Å². The molecule has 0 spiro atoms. The number of phenols is 1. The number of nitrogens with zero attached hydrogens (tertiary/aromatic N) is 3. The van der Waals surface area contributed by atoms with E-state index in [0.717, 1.165) is 16.5 Å². The Labute approximate surface area is 127 Å². The number of nitrogens with one attached hydrogen (secondary N) is 1. The largest absolute Gasteiger partial charge is 0.507 e. The molecule has 0 atom stereocenters. The number of hydrogen-bond acceptors (Lipinski definition) is 6. The highest BCUT2D eigenvalue weighted by Gasteiger charge is 2.15. The van der Waals surface area contributed by atoms with Crippen molar-refractivity contribution in [3.05, 3.63) is 36.2 Å². The lowest BCUT2D eigenvalue weighted by atomic mass is 10.0. The zero-order valence-corrected chi connectivity index (χ0v) is 12.6. The average molecular weight is 296 g/mol. The number of hydrogen-bond donors (Lipinski definition) is 2. The first kappa shape index (κ1) is 14.1. The number of aromatic hydroxyl groups is 1. The molecule has 6 heteroatoms. The van der Waals surface area contributed by atoms with Crippen LogP contribution in [0.25, 0.3) is 22.0 Å². The van der Waals surface area contributed by atoms with Gasteiger partial charge in [0.25, 0.3) is 0 Å².